The topological polar surface area (TPSA) is 194 Å². The molecule has 0 fully saturated rings. The number of carbonyl (C=O) groups is 1. The van der Waals surface area contributed by atoms with Gasteiger partial charge in [-0.2, -0.15) is 13.2 Å². The summed E-state index contributed by atoms with van der Waals surface area (Å²) in [6.45, 7) is 21.6. The Labute approximate surface area is 421 Å². The maximum absolute atomic E-state index is 13.8. The van der Waals surface area contributed by atoms with Crippen LogP contribution >= 0.6 is 0 Å². The van der Waals surface area contributed by atoms with Crippen molar-refractivity contribution in [3.05, 3.63) is 123 Å². The summed E-state index contributed by atoms with van der Waals surface area (Å²) in [6, 6.07) is 24.6. The van der Waals surface area contributed by atoms with Crippen molar-refractivity contribution in [2.24, 2.45) is 5.41 Å². The fraction of sp³-hybridized carbons (Fsp3) is 0.396. The van der Waals surface area contributed by atoms with Crippen molar-refractivity contribution >= 4 is 64.1 Å². The van der Waals surface area contributed by atoms with Crippen molar-refractivity contribution in [2.45, 2.75) is 128 Å². The number of halogens is 3. The van der Waals surface area contributed by atoms with Crippen LogP contribution in [0.4, 0.5) is 30.2 Å². The summed E-state index contributed by atoms with van der Waals surface area (Å²) >= 11 is 0. The Bertz CT molecular complexity index is 3330. The number of nitrogens with one attached hydrogen (secondary N) is 3. The van der Waals surface area contributed by atoms with E-state index in [1.807, 2.05) is 52.8 Å². The molecule has 1 heterocycles. The molecular weight excluding hydrogens is 990 g/mol. The lowest BCUT2D eigenvalue weighted by Crippen LogP contribution is -2.71. The molecular formula is C53H63F3N4O9S3. The molecule has 1 aliphatic heterocycles. The fourth-order valence-corrected chi connectivity index (χ4v) is 11.7. The third kappa shape index (κ3) is 12.1. The summed E-state index contributed by atoms with van der Waals surface area (Å²) < 4.78 is 137. The molecule has 4 aromatic carbocycles. The van der Waals surface area contributed by atoms with E-state index in [2.05, 4.69) is 46.9 Å². The molecule has 0 aromatic heterocycles. The highest BCUT2D eigenvalue weighted by atomic mass is 32.3. The summed E-state index contributed by atoms with van der Waals surface area (Å²) in [4.78, 5) is 15.2. The highest BCUT2D eigenvalue weighted by Crippen LogP contribution is 2.45. The van der Waals surface area contributed by atoms with Crippen molar-refractivity contribution in [3.63, 3.8) is 0 Å². The number of rotatable bonds is 19. The molecule has 0 bridgehead atoms. The lowest BCUT2D eigenvalue weighted by molar-refractivity contribution is -0.404. The highest BCUT2D eigenvalue weighted by molar-refractivity contribution is 8.12. The van der Waals surface area contributed by atoms with E-state index in [0.717, 1.165) is 22.9 Å². The summed E-state index contributed by atoms with van der Waals surface area (Å²) in [6.07, 6.45) is 0.861. The molecule has 1 aliphatic carbocycles. The number of ether oxygens (including phenoxy) is 1. The molecule has 2 aliphatic rings. The van der Waals surface area contributed by atoms with Gasteiger partial charge in [0.25, 0.3) is 0 Å². The van der Waals surface area contributed by atoms with Gasteiger partial charge in [-0.05, 0) is 97.9 Å². The number of hydrogen-bond acceptors (Lipinski definition) is 10. The van der Waals surface area contributed by atoms with E-state index in [-0.39, 0.29) is 76.6 Å². The van der Waals surface area contributed by atoms with Gasteiger partial charge in [-0.1, -0.05) is 98.7 Å². The van der Waals surface area contributed by atoms with Crippen LogP contribution in [0.5, 0.6) is 0 Å². The summed E-state index contributed by atoms with van der Waals surface area (Å²) in [5.74, 6) is -0.208. The quantitative estimate of drug-likeness (QED) is 0.0399. The van der Waals surface area contributed by atoms with Crippen LogP contribution in [0, 0.1) is 5.41 Å². The Kier molecular flexibility index (Phi) is 16.6. The van der Waals surface area contributed by atoms with Gasteiger partial charge in [0.1, 0.15) is 21.4 Å². The zero-order valence-corrected chi connectivity index (χ0v) is 44.7. The van der Waals surface area contributed by atoms with E-state index >= 15 is 0 Å². The first-order valence-corrected chi connectivity index (χ1v) is 28.1. The minimum absolute atomic E-state index is 0.0348. The fourth-order valence-electron chi connectivity index (χ4n) is 8.17. The number of fused-ring (bicyclic) bond motifs is 2. The van der Waals surface area contributed by atoms with E-state index in [4.69, 9.17) is 9.15 Å². The molecule has 0 saturated carbocycles. The number of anilines is 2. The molecule has 0 spiro atoms. The lowest BCUT2D eigenvalue weighted by Gasteiger charge is -2.25. The summed E-state index contributed by atoms with van der Waals surface area (Å²) in [7, 11) is -16.0. The number of nitrogens with zero attached hydrogens (tertiary/aromatic N) is 1. The maximum Gasteiger partial charge on any atom is 0.480 e. The summed E-state index contributed by atoms with van der Waals surface area (Å²) in [5, 5.41) is 4.42. The van der Waals surface area contributed by atoms with Crippen molar-refractivity contribution in [2.75, 3.05) is 18.5 Å². The van der Waals surface area contributed by atoms with Crippen LogP contribution in [0.25, 0.3) is 37.5 Å². The molecule has 0 amide bonds. The van der Waals surface area contributed by atoms with E-state index in [1.165, 1.54) is 18.2 Å². The molecule has 0 saturated heterocycles. The average Bonchev–Trinajstić information content (AvgIpc) is 3.29. The van der Waals surface area contributed by atoms with Crippen LogP contribution in [0.1, 0.15) is 135 Å². The standard InChI is InChI=1S/C53H62F3N4O9S3/c1-12-52(10,11)51(61)68-26-16-25-57-70(62,63)37-29-43(33(6)7)50(44(30-37)34(8)9)59-36-22-24-41-46(28-36)69-45-27-35(58-49-38(31(2)3)18-15-19-39(49)32(4)5)21-23-40(45)48(41)42-17-13-14-20-47(42)71(64,65)60-72(66,67)53(54,55)56/h13-15,17-24,27-34,57H,12,16,25-26H2,1-11H3,(H,58,59)/q-1/p+1. The van der Waals surface area contributed by atoms with Crippen LogP contribution in [0.15, 0.2) is 105 Å². The zero-order chi connectivity index (χ0) is 53.3. The van der Waals surface area contributed by atoms with Gasteiger partial charge in [0.15, 0.2) is 10.0 Å². The largest absolute Gasteiger partial charge is 0.480 e. The molecule has 388 valence electrons. The summed E-state index contributed by atoms with van der Waals surface area (Å²) in [5.41, 5.74) is -0.304. The van der Waals surface area contributed by atoms with Crippen molar-refractivity contribution in [1.82, 2.24) is 4.72 Å². The number of para-hydroxylation sites is 1. The van der Waals surface area contributed by atoms with E-state index in [0.29, 0.717) is 45.2 Å². The Balaban J connectivity index is 1.54. The molecule has 3 N–H and O–H groups in total. The van der Waals surface area contributed by atoms with Gasteiger partial charge in [-0.25, -0.2) is 35.0 Å². The number of esters is 1. The predicted octanol–water partition coefficient (Wildman–Crippen LogP) is 11.3. The van der Waals surface area contributed by atoms with Gasteiger partial charge in [-0.3, -0.25) is 4.79 Å². The van der Waals surface area contributed by atoms with Crippen molar-refractivity contribution in [3.8, 4) is 22.5 Å². The molecule has 19 heteroatoms. The maximum atomic E-state index is 13.8. The van der Waals surface area contributed by atoms with Crippen molar-refractivity contribution < 1.29 is 57.4 Å². The number of carbonyl (C=O) groups excluding carboxylic acids is 1. The van der Waals surface area contributed by atoms with Crippen LogP contribution in [-0.4, -0.2) is 49.9 Å². The van der Waals surface area contributed by atoms with Gasteiger partial charge < -0.3 is 18.6 Å². The van der Waals surface area contributed by atoms with Gasteiger partial charge >= 0.3 is 11.5 Å². The first-order chi connectivity index (χ1) is 33.5. The molecule has 6 rings (SSSR count). The Hall–Kier alpha value is -5.60. The van der Waals surface area contributed by atoms with Gasteiger partial charge in [-0.15, -0.1) is 0 Å². The molecule has 4 aromatic rings. The SMILES string of the molecule is CCC(C)(C)C(=O)OCCCNS(=O)(=O)c1cc(C(C)C)c([NH+]=c2ccc3c(-c4ccccc4S(=O)(=O)[N-]S(=O)(=O)C(F)(F)F)c4ccc(Nc5c(C(C)C)cccc5C(C)C)cc4oc-3c2)c(C(C)C)c1. The highest BCUT2D eigenvalue weighted by Gasteiger charge is 2.41. The predicted molar refractivity (Wildman–Crippen MR) is 275 cm³/mol. The second-order valence-electron chi connectivity index (χ2n) is 19.6. The third-order valence-corrected chi connectivity index (χ3v) is 17.1. The number of benzene rings is 5. The van der Waals surface area contributed by atoms with E-state index in [9.17, 15) is 43.2 Å². The van der Waals surface area contributed by atoms with Gasteiger partial charge in [0.05, 0.1) is 27.9 Å². The van der Waals surface area contributed by atoms with Gasteiger partial charge in [0, 0.05) is 63.3 Å². The van der Waals surface area contributed by atoms with Crippen LogP contribution in [0.2, 0.25) is 0 Å². The minimum Gasteiger partial charge on any atom is -0.465 e. The van der Waals surface area contributed by atoms with Crippen LogP contribution in [0.3, 0.4) is 0 Å². The number of sulfonamides is 3. The molecule has 0 unspecified atom stereocenters. The minimum atomic E-state index is -6.47. The molecule has 13 nitrogen and oxygen atoms in total. The number of alkyl halides is 3. The monoisotopic (exact) mass is 1050 g/mol. The Morgan fingerprint density at radius 2 is 1.33 bits per heavy atom. The van der Waals surface area contributed by atoms with Crippen molar-refractivity contribution in [1.29, 1.82) is 0 Å². The molecule has 0 radical (unpaired) electrons. The normalized spacial score (nSPS) is 13.3. The first-order valence-electron chi connectivity index (χ1n) is 23.7. The van der Waals surface area contributed by atoms with Gasteiger partial charge in [0.2, 0.25) is 21.1 Å². The second-order valence-corrected chi connectivity index (χ2v) is 24.8. The first kappa shape index (κ1) is 55.7. The second kappa shape index (κ2) is 21.5. The molecule has 0 atom stereocenters. The smallest absolute Gasteiger partial charge is 0.465 e. The lowest BCUT2D eigenvalue weighted by atomic mass is 9.91. The van der Waals surface area contributed by atoms with Crippen LogP contribution < -0.4 is 20.4 Å². The Morgan fingerprint density at radius 1 is 0.736 bits per heavy atom. The zero-order valence-electron chi connectivity index (χ0n) is 42.3. The number of hydrogen-bond donors (Lipinski definition) is 3. The van der Waals surface area contributed by atoms with Crippen LogP contribution in [-0.2, 0) is 39.6 Å². The average molecular weight is 1050 g/mol. The molecule has 72 heavy (non-hydrogen) atoms. The Morgan fingerprint density at radius 3 is 1.90 bits per heavy atom. The van der Waals surface area contributed by atoms with E-state index in [1.54, 1.807) is 62.4 Å². The van der Waals surface area contributed by atoms with E-state index < -0.39 is 45.9 Å². The third-order valence-electron chi connectivity index (χ3n) is 12.6.